The molecule has 3 aromatic rings. The lowest BCUT2D eigenvalue weighted by atomic mass is 10.2. The summed E-state index contributed by atoms with van der Waals surface area (Å²) in [4.78, 5) is 0. The third-order valence-electron chi connectivity index (χ3n) is 3.25. The molecule has 1 heterocycles. The zero-order valence-electron chi connectivity index (χ0n) is 13.0. The standard InChI is InChI=1S/C17H16N4O2S/c1-23-16-9-14(7-8-15(16)22)10-19-21-12-18-20-17(21)24-11-13-5-3-2-4-6-13/h2-10,12,22H,11H2,1H3. The summed E-state index contributed by atoms with van der Waals surface area (Å²) in [6.07, 6.45) is 3.22. The Kier molecular flexibility index (Phi) is 5.12. The molecule has 6 nitrogen and oxygen atoms in total. The second-order valence-corrected chi connectivity index (χ2v) is 5.85. The predicted octanol–water partition coefficient (Wildman–Crippen LogP) is 3.17. The summed E-state index contributed by atoms with van der Waals surface area (Å²) in [6.45, 7) is 0. The molecule has 0 aliphatic carbocycles. The van der Waals surface area contributed by atoms with Crippen molar-refractivity contribution < 1.29 is 9.84 Å². The van der Waals surface area contributed by atoms with Gasteiger partial charge in [0, 0.05) is 5.75 Å². The van der Waals surface area contributed by atoms with Crippen molar-refractivity contribution in [1.29, 1.82) is 0 Å². The molecule has 0 spiro atoms. The molecular formula is C17H16N4O2S. The molecule has 0 radical (unpaired) electrons. The summed E-state index contributed by atoms with van der Waals surface area (Å²) >= 11 is 1.56. The fourth-order valence-corrected chi connectivity index (χ4v) is 2.84. The number of ether oxygens (including phenoxy) is 1. The molecule has 1 aromatic heterocycles. The minimum absolute atomic E-state index is 0.0954. The average molecular weight is 340 g/mol. The van der Waals surface area contributed by atoms with E-state index in [1.165, 1.54) is 12.7 Å². The molecule has 0 aliphatic rings. The summed E-state index contributed by atoms with van der Waals surface area (Å²) < 4.78 is 6.70. The van der Waals surface area contributed by atoms with E-state index in [0.717, 1.165) is 11.3 Å². The van der Waals surface area contributed by atoms with Crippen LogP contribution in [0.3, 0.4) is 0 Å². The summed E-state index contributed by atoms with van der Waals surface area (Å²) in [5, 5.41) is 22.7. The Morgan fingerprint density at radius 1 is 1.25 bits per heavy atom. The maximum absolute atomic E-state index is 9.61. The van der Waals surface area contributed by atoms with Crippen LogP contribution in [-0.4, -0.2) is 33.3 Å². The number of benzene rings is 2. The number of aromatic hydroxyl groups is 1. The first-order chi connectivity index (χ1) is 11.8. The highest BCUT2D eigenvalue weighted by Crippen LogP contribution is 2.25. The van der Waals surface area contributed by atoms with Gasteiger partial charge in [-0.05, 0) is 29.3 Å². The molecule has 0 amide bonds. The number of rotatable bonds is 6. The minimum atomic E-state index is 0.0954. The topological polar surface area (TPSA) is 72.5 Å². The molecule has 0 saturated heterocycles. The molecule has 0 bridgehead atoms. The quantitative estimate of drug-likeness (QED) is 0.551. The third-order valence-corrected chi connectivity index (χ3v) is 4.25. The van der Waals surface area contributed by atoms with E-state index >= 15 is 0 Å². The molecule has 1 N–H and O–H groups in total. The van der Waals surface area contributed by atoms with Crippen molar-refractivity contribution in [3.05, 3.63) is 66.0 Å². The van der Waals surface area contributed by atoms with E-state index in [-0.39, 0.29) is 5.75 Å². The lowest BCUT2D eigenvalue weighted by Crippen LogP contribution is -1.93. The molecule has 0 atom stereocenters. The molecule has 0 fully saturated rings. The van der Waals surface area contributed by atoms with Crippen LogP contribution in [0.25, 0.3) is 0 Å². The Morgan fingerprint density at radius 3 is 2.88 bits per heavy atom. The summed E-state index contributed by atoms with van der Waals surface area (Å²) in [7, 11) is 1.51. The van der Waals surface area contributed by atoms with Crippen LogP contribution in [0.4, 0.5) is 0 Å². The third kappa shape index (κ3) is 3.94. The second kappa shape index (κ2) is 7.65. The smallest absolute Gasteiger partial charge is 0.212 e. The highest BCUT2D eigenvalue weighted by molar-refractivity contribution is 7.98. The van der Waals surface area contributed by atoms with E-state index in [2.05, 4.69) is 27.4 Å². The highest BCUT2D eigenvalue weighted by Gasteiger charge is 2.05. The molecule has 24 heavy (non-hydrogen) atoms. The van der Waals surface area contributed by atoms with Crippen molar-refractivity contribution >= 4 is 18.0 Å². The van der Waals surface area contributed by atoms with Crippen molar-refractivity contribution in [2.45, 2.75) is 10.9 Å². The predicted molar refractivity (Wildman–Crippen MR) is 93.7 cm³/mol. The van der Waals surface area contributed by atoms with Gasteiger partial charge in [0.05, 0.1) is 13.3 Å². The monoisotopic (exact) mass is 340 g/mol. The van der Waals surface area contributed by atoms with Crippen LogP contribution in [0.1, 0.15) is 11.1 Å². The molecule has 122 valence electrons. The normalized spacial score (nSPS) is 11.0. The molecular weight excluding hydrogens is 324 g/mol. The van der Waals surface area contributed by atoms with Crippen LogP contribution in [0, 0.1) is 0 Å². The SMILES string of the molecule is COc1cc(C=Nn2cnnc2SCc2ccccc2)ccc1O. The van der Waals surface area contributed by atoms with Crippen molar-refractivity contribution in [1.82, 2.24) is 14.9 Å². The van der Waals surface area contributed by atoms with Crippen LogP contribution >= 0.6 is 11.8 Å². The fraction of sp³-hybridized carbons (Fsp3) is 0.118. The fourth-order valence-electron chi connectivity index (χ4n) is 2.02. The number of phenolic OH excluding ortho intramolecular Hbond substituents is 1. The van der Waals surface area contributed by atoms with Gasteiger partial charge in [-0.15, -0.1) is 10.2 Å². The molecule has 0 aliphatic heterocycles. The van der Waals surface area contributed by atoms with Crippen molar-refractivity contribution in [3.8, 4) is 11.5 Å². The molecule has 7 heteroatoms. The van der Waals surface area contributed by atoms with Crippen LogP contribution in [0.5, 0.6) is 11.5 Å². The molecule has 0 saturated carbocycles. The summed E-state index contributed by atoms with van der Waals surface area (Å²) in [5.74, 6) is 1.29. The first-order valence-corrected chi connectivity index (χ1v) is 8.23. The lowest BCUT2D eigenvalue weighted by Gasteiger charge is -2.04. The first kappa shape index (κ1) is 16.1. The van der Waals surface area contributed by atoms with E-state index in [1.807, 2.05) is 18.2 Å². The van der Waals surface area contributed by atoms with E-state index < -0.39 is 0 Å². The lowest BCUT2D eigenvalue weighted by molar-refractivity contribution is 0.373. The molecule has 0 unspecified atom stereocenters. The van der Waals surface area contributed by atoms with Gasteiger partial charge in [-0.25, -0.2) is 0 Å². The maximum Gasteiger partial charge on any atom is 0.212 e. The van der Waals surface area contributed by atoms with Crippen molar-refractivity contribution in [3.63, 3.8) is 0 Å². The zero-order valence-corrected chi connectivity index (χ0v) is 13.8. The minimum Gasteiger partial charge on any atom is -0.504 e. The van der Waals surface area contributed by atoms with Gasteiger partial charge in [-0.2, -0.15) is 9.78 Å². The van der Waals surface area contributed by atoms with E-state index in [9.17, 15) is 5.11 Å². The average Bonchev–Trinajstić information content (AvgIpc) is 3.07. The Hall–Kier alpha value is -2.80. The summed E-state index contributed by atoms with van der Waals surface area (Å²) in [6, 6.07) is 15.2. The number of methoxy groups -OCH3 is 1. The molecule has 2 aromatic carbocycles. The number of thioether (sulfide) groups is 1. The van der Waals surface area contributed by atoms with Gasteiger partial charge in [0.25, 0.3) is 0 Å². The first-order valence-electron chi connectivity index (χ1n) is 7.24. The van der Waals surface area contributed by atoms with Gasteiger partial charge < -0.3 is 9.84 Å². The van der Waals surface area contributed by atoms with E-state index in [0.29, 0.717) is 10.9 Å². The number of hydrogen-bond acceptors (Lipinski definition) is 6. The van der Waals surface area contributed by atoms with Crippen molar-refractivity contribution in [2.75, 3.05) is 7.11 Å². The number of hydrogen-bond donors (Lipinski definition) is 1. The van der Waals surface area contributed by atoms with Crippen LogP contribution < -0.4 is 4.74 Å². The van der Waals surface area contributed by atoms with Crippen LogP contribution in [0.2, 0.25) is 0 Å². The van der Waals surface area contributed by atoms with Gasteiger partial charge >= 0.3 is 0 Å². The maximum atomic E-state index is 9.61. The van der Waals surface area contributed by atoms with Crippen molar-refractivity contribution in [2.24, 2.45) is 5.10 Å². The number of aromatic nitrogens is 3. The zero-order chi connectivity index (χ0) is 16.8. The largest absolute Gasteiger partial charge is 0.504 e. The highest BCUT2D eigenvalue weighted by atomic mass is 32.2. The van der Waals surface area contributed by atoms with Gasteiger partial charge in [0.2, 0.25) is 5.16 Å². The van der Waals surface area contributed by atoms with Crippen LogP contribution in [0.15, 0.2) is 65.1 Å². The van der Waals surface area contributed by atoms with Gasteiger partial charge in [-0.3, -0.25) is 0 Å². The van der Waals surface area contributed by atoms with Gasteiger partial charge in [-0.1, -0.05) is 42.1 Å². The van der Waals surface area contributed by atoms with E-state index in [4.69, 9.17) is 4.74 Å². The Bertz CT molecular complexity index is 834. The number of nitrogens with zero attached hydrogens (tertiary/aromatic N) is 4. The second-order valence-electron chi connectivity index (χ2n) is 4.91. The summed E-state index contributed by atoms with van der Waals surface area (Å²) in [5.41, 5.74) is 2.02. The molecule has 3 rings (SSSR count). The Morgan fingerprint density at radius 2 is 2.08 bits per heavy atom. The van der Waals surface area contributed by atoms with Gasteiger partial charge in [0.15, 0.2) is 11.5 Å². The van der Waals surface area contributed by atoms with Crippen LogP contribution in [-0.2, 0) is 5.75 Å². The number of phenols is 1. The Labute approximate surface area is 143 Å². The Balaban J connectivity index is 1.71. The van der Waals surface area contributed by atoms with Gasteiger partial charge in [0.1, 0.15) is 6.33 Å². The van der Waals surface area contributed by atoms with E-state index in [1.54, 1.807) is 47.2 Å².